The molecule has 2 atom stereocenters. The van der Waals surface area contributed by atoms with Gasteiger partial charge >= 0.3 is 0 Å². The van der Waals surface area contributed by atoms with Crippen LogP contribution in [0.2, 0.25) is 0 Å². The number of aliphatic hydroxyl groups is 1. The zero-order valence-electron chi connectivity index (χ0n) is 12.8. The second-order valence-corrected chi connectivity index (χ2v) is 7.94. The van der Waals surface area contributed by atoms with Crippen LogP contribution in [-0.2, 0) is 4.79 Å². The van der Waals surface area contributed by atoms with Gasteiger partial charge < -0.3 is 10.4 Å². The Morgan fingerprint density at radius 3 is 2.62 bits per heavy atom. The van der Waals surface area contributed by atoms with Crippen LogP contribution in [0.4, 0.5) is 0 Å². The average Bonchev–Trinajstić information content (AvgIpc) is 2.46. The summed E-state index contributed by atoms with van der Waals surface area (Å²) < 4.78 is -0.513. The molecule has 0 spiro atoms. The van der Waals surface area contributed by atoms with Crippen molar-refractivity contribution in [1.29, 1.82) is 0 Å². The van der Waals surface area contributed by atoms with Gasteiger partial charge in [-0.05, 0) is 38.8 Å². The molecule has 21 heavy (non-hydrogen) atoms. The highest BCUT2D eigenvalue weighted by atomic mass is 32.2. The van der Waals surface area contributed by atoms with Gasteiger partial charge in [-0.15, -0.1) is 11.8 Å². The molecule has 0 aromatic heterocycles. The number of hydrogen-bond acceptors (Lipinski definition) is 3. The molecule has 2 N–H and O–H groups in total. The van der Waals surface area contributed by atoms with E-state index in [9.17, 15) is 9.90 Å². The number of carbonyl (C=O) groups is 1. The van der Waals surface area contributed by atoms with Gasteiger partial charge in [0.15, 0.2) is 0 Å². The first-order chi connectivity index (χ1) is 9.99. The molecule has 1 aromatic carbocycles. The summed E-state index contributed by atoms with van der Waals surface area (Å²) >= 11 is 1.57. The lowest BCUT2D eigenvalue weighted by Gasteiger charge is -2.29. The quantitative estimate of drug-likeness (QED) is 0.821. The Labute approximate surface area is 131 Å². The topological polar surface area (TPSA) is 49.3 Å². The van der Waals surface area contributed by atoms with Crippen molar-refractivity contribution in [1.82, 2.24) is 5.32 Å². The molecule has 0 aliphatic heterocycles. The highest BCUT2D eigenvalue weighted by molar-refractivity contribution is 8.01. The van der Waals surface area contributed by atoms with E-state index < -0.39 is 4.75 Å². The van der Waals surface area contributed by atoms with Crippen molar-refractivity contribution in [2.75, 3.05) is 6.54 Å². The van der Waals surface area contributed by atoms with E-state index in [1.807, 2.05) is 44.2 Å². The van der Waals surface area contributed by atoms with Crippen molar-refractivity contribution in [2.24, 2.45) is 5.92 Å². The molecular weight excluding hydrogens is 282 g/mol. The molecule has 3 nitrogen and oxygen atoms in total. The van der Waals surface area contributed by atoms with Crippen LogP contribution < -0.4 is 5.32 Å². The first kappa shape index (κ1) is 16.4. The fraction of sp³-hybridized carbons (Fsp3) is 0.588. The molecule has 0 radical (unpaired) electrons. The van der Waals surface area contributed by atoms with Gasteiger partial charge in [0.25, 0.3) is 0 Å². The molecule has 116 valence electrons. The van der Waals surface area contributed by atoms with Gasteiger partial charge in [-0.2, -0.15) is 0 Å². The maximum Gasteiger partial charge on any atom is 0.236 e. The summed E-state index contributed by atoms with van der Waals surface area (Å²) in [5, 5.41) is 13.0. The molecule has 0 bridgehead atoms. The fourth-order valence-electron chi connectivity index (χ4n) is 2.69. The molecule has 0 unspecified atom stereocenters. The summed E-state index contributed by atoms with van der Waals surface area (Å²) in [5.41, 5.74) is 0. The Morgan fingerprint density at radius 2 is 1.95 bits per heavy atom. The number of thioether (sulfide) groups is 1. The number of rotatable bonds is 5. The van der Waals surface area contributed by atoms with Gasteiger partial charge in [-0.1, -0.05) is 31.0 Å². The zero-order valence-corrected chi connectivity index (χ0v) is 13.7. The number of hydrogen-bond donors (Lipinski definition) is 2. The van der Waals surface area contributed by atoms with Gasteiger partial charge in [0.2, 0.25) is 5.91 Å². The highest BCUT2D eigenvalue weighted by Gasteiger charge is 2.30. The summed E-state index contributed by atoms with van der Waals surface area (Å²) in [5.74, 6) is 0.245. The predicted molar refractivity (Wildman–Crippen MR) is 87.4 cm³/mol. The Kier molecular flexibility index (Phi) is 5.71. The standard InChI is InChI=1S/C17H25NO2S/c1-17(2,21-14-9-4-3-5-10-14)16(20)18-12-13-8-6-7-11-15(13)19/h3-5,9-10,13,15,19H,6-8,11-12H2,1-2H3,(H,18,20)/t13-,15+/m1/s1. The van der Waals surface area contributed by atoms with E-state index in [0.29, 0.717) is 6.54 Å². The number of aliphatic hydroxyl groups excluding tert-OH is 1. The highest BCUT2D eigenvalue weighted by Crippen LogP contribution is 2.32. The van der Waals surface area contributed by atoms with E-state index in [1.54, 1.807) is 11.8 Å². The molecule has 0 heterocycles. The van der Waals surface area contributed by atoms with Crippen molar-refractivity contribution in [3.05, 3.63) is 30.3 Å². The summed E-state index contributed by atoms with van der Waals surface area (Å²) in [6, 6.07) is 9.97. The maximum atomic E-state index is 12.4. The first-order valence-electron chi connectivity index (χ1n) is 7.69. The number of amides is 1. The Balaban J connectivity index is 1.86. The van der Waals surface area contributed by atoms with Crippen molar-refractivity contribution in [3.8, 4) is 0 Å². The van der Waals surface area contributed by atoms with Gasteiger partial charge in [0, 0.05) is 17.4 Å². The third-order valence-corrected chi connectivity index (χ3v) is 5.26. The minimum atomic E-state index is -0.513. The third kappa shape index (κ3) is 4.75. The summed E-state index contributed by atoms with van der Waals surface area (Å²) in [6.07, 6.45) is 3.86. The van der Waals surface area contributed by atoms with Gasteiger partial charge in [-0.25, -0.2) is 0 Å². The second kappa shape index (κ2) is 7.32. The zero-order chi connectivity index (χ0) is 15.3. The van der Waals surface area contributed by atoms with Gasteiger partial charge in [0.1, 0.15) is 0 Å². The Hall–Kier alpha value is -1.00. The van der Waals surface area contributed by atoms with E-state index in [1.165, 1.54) is 0 Å². The van der Waals surface area contributed by atoms with E-state index in [4.69, 9.17) is 0 Å². The molecule has 1 amide bonds. The van der Waals surface area contributed by atoms with Crippen molar-refractivity contribution >= 4 is 17.7 Å². The van der Waals surface area contributed by atoms with Crippen LogP contribution in [0, 0.1) is 5.92 Å². The molecule has 4 heteroatoms. The molecule has 1 aromatic rings. The van der Waals surface area contributed by atoms with E-state index in [0.717, 1.165) is 30.6 Å². The monoisotopic (exact) mass is 307 g/mol. The molecule has 1 saturated carbocycles. The van der Waals surface area contributed by atoms with Crippen LogP contribution in [-0.4, -0.2) is 28.4 Å². The number of nitrogens with one attached hydrogen (secondary N) is 1. The maximum absolute atomic E-state index is 12.4. The van der Waals surface area contributed by atoms with Crippen LogP contribution in [0.3, 0.4) is 0 Å². The van der Waals surface area contributed by atoms with Crippen molar-refractivity contribution in [2.45, 2.75) is 55.3 Å². The summed E-state index contributed by atoms with van der Waals surface area (Å²) in [6.45, 7) is 4.47. The molecule has 2 rings (SSSR count). The van der Waals surface area contributed by atoms with Crippen LogP contribution in [0.15, 0.2) is 35.2 Å². The lowest BCUT2D eigenvalue weighted by atomic mass is 9.86. The second-order valence-electron chi connectivity index (χ2n) is 6.25. The molecule has 1 fully saturated rings. The largest absolute Gasteiger partial charge is 0.393 e. The molecule has 0 saturated heterocycles. The normalized spacial score (nSPS) is 22.8. The summed E-state index contributed by atoms with van der Waals surface area (Å²) in [4.78, 5) is 13.5. The summed E-state index contributed by atoms with van der Waals surface area (Å²) in [7, 11) is 0. The SMILES string of the molecule is CC(C)(Sc1ccccc1)C(=O)NC[C@H]1CCCC[C@@H]1O. The molecular formula is C17H25NO2S. The van der Waals surface area contributed by atoms with Gasteiger partial charge in [0.05, 0.1) is 10.9 Å². The minimum Gasteiger partial charge on any atom is -0.393 e. The fourth-order valence-corrected chi connectivity index (χ4v) is 3.74. The van der Waals surface area contributed by atoms with Crippen LogP contribution in [0.5, 0.6) is 0 Å². The van der Waals surface area contributed by atoms with Crippen LogP contribution in [0.25, 0.3) is 0 Å². The van der Waals surface area contributed by atoms with E-state index in [-0.39, 0.29) is 17.9 Å². The van der Waals surface area contributed by atoms with Crippen LogP contribution in [0.1, 0.15) is 39.5 Å². The van der Waals surface area contributed by atoms with Crippen molar-refractivity contribution in [3.63, 3.8) is 0 Å². The number of carbonyl (C=O) groups excluding carboxylic acids is 1. The van der Waals surface area contributed by atoms with Crippen LogP contribution >= 0.6 is 11.8 Å². The molecule has 1 aliphatic rings. The smallest absolute Gasteiger partial charge is 0.236 e. The Bertz CT molecular complexity index is 461. The average molecular weight is 307 g/mol. The minimum absolute atomic E-state index is 0.0362. The van der Waals surface area contributed by atoms with E-state index in [2.05, 4.69) is 5.32 Å². The first-order valence-corrected chi connectivity index (χ1v) is 8.51. The van der Waals surface area contributed by atoms with Gasteiger partial charge in [-0.3, -0.25) is 4.79 Å². The lowest BCUT2D eigenvalue weighted by molar-refractivity contribution is -0.123. The van der Waals surface area contributed by atoms with E-state index >= 15 is 0 Å². The predicted octanol–water partition coefficient (Wildman–Crippen LogP) is 3.22. The van der Waals surface area contributed by atoms with Crippen molar-refractivity contribution < 1.29 is 9.90 Å². The third-order valence-electron chi connectivity index (χ3n) is 4.06. The molecule has 1 aliphatic carbocycles. The number of benzene rings is 1. The Morgan fingerprint density at radius 1 is 1.29 bits per heavy atom. The lowest BCUT2D eigenvalue weighted by Crippen LogP contribution is -2.44.